The quantitative estimate of drug-likeness (QED) is 0.227. The van der Waals surface area contributed by atoms with Gasteiger partial charge in [-0.2, -0.15) is 0 Å². The van der Waals surface area contributed by atoms with Gasteiger partial charge in [-0.05, 0) is 37.5 Å². The molecule has 1 saturated heterocycles. The molecule has 7 nitrogen and oxygen atoms in total. The lowest BCUT2D eigenvalue weighted by Gasteiger charge is -2.34. The molecule has 1 heterocycles. The molecule has 0 bridgehead atoms. The van der Waals surface area contributed by atoms with Crippen molar-refractivity contribution in [1.82, 2.24) is 15.5 Å². The predicted octanol–water partition coefficient (Wildman–Crippen LogP) is 2.88. The first kappa shape index (κ1) is 25.1. The highest BCUT2D eigenvalue weighted by molar-refractivity contribution is 5.79. The summed E-state index contributed by atoms with van der Waals surface area (Å²) in [6, 6.07) is 6.80. The number of methoxy groups -OCH3 is 1. The number of hydrogen-bond donors (Lipinski definition) is 2. The summed E-state index contributed by atoms with van der Waals surface area (Å²) < 4.78 is 23.6. The van der Waals surface area contributed by atoms with Crippen LogP contribution in [0.4, 0.5) is 4.39 Å². The molecule has 0 aromatic heterocycles. The lowest BCUT2D eigenvalue weighted by Crippen LogP contribution is -2.42. The van der Waals surface area contributed by atoms with Gasteiger partial charge in [0.1, 0.15) is 5.82 Å². The van der Waals surface area contributed by atoms with Crippen LogP contribution in [0.5, 0.6) is 0 Å². The van der Waals surface area contributed by atoms with Gasteiger partial charge in [0, 0.05) is 32.6 Å². The third-order valence-corrected chi connectivity index (χ3v) is 5.34. The molecule has 1 aliphatic heterocycles. The maximum Gasteiger partial charge on any atom is 0.305 e. The van der Waals surface area contributed by atoms with E-state index in [0.717, 1.165) is 63.4 Å². The number of carbonyl (C=O) groups is 1. The zero-order valence-corrected chi connectivity index (χ0v) is 18.9. The van der Waals surface area contributed by atoms with E-state index in [1.165, 1.54) is 19.2 Å². The van der Waals surface area contributed by atoms with Crippen molar-refractivity contribution in [3.05, 3.63) is 35.6 Å². The van der Waals surface area contributed by atoms with Gasteiger partial charge in [-0.3, -0.25) is 14.7 Å². The van der Waals surface area contributed by atoms with Gasteiger partial charge in [-0.25, -0.2) is 4.39 Å². The first-order chi connectivity index (χ1) is 15.1. The van der Waals surface area contributed by atoms with E-state index < -0.39 is 0 Å². The van der Waals surface area contributed by atoms with E-state index in [1.807, 2.05) is 19.1 Å². The number of ether oxygens (including phenoxy) is 2. The number of nitrogens with one attached hydrogen (secondary N) is 2. The predicted molar refractivity (Wildman–Crippen MR) is 121 cm³/mol. The summed E-state index contributed by atoms with van der Waals surface area (Å²) in [4.78, 5) is 18.3. The normalized spacial score (nSPS) is 16.0. The Labute approximate surface area is 185 Å². The third kappa shape index (κ3) is 9.65. The van der Waals surface area contributed by atoms with Crippen LogP contribution in [-0.4, -0.2) is 69.9 Å². The number of morpholine rings is 1. The Morgan fingerprint density at radius 3 is 2.55 bits per heavy atom. The molecule has 0 amide bonds. The number of rotatable bonds is 12. The average Bonchev–Trinajstić information content (AvgIpc) is 2.80. The van der Waals surface area contributed by atoms with Crippen molar-refractivity contribution < 1.29 is 18.7 Å². The van der Waals surface area contributed by atoms with Gasteiger partial charge in [0.15, 0.2) is 5.96 Å². The molecular weight excluding hydrogens is 399 g/mol. The van der Waals surface area contributed by atoms with Crippen molar-refractivity contribution in [2.45, 2.75) is 45.1 Å². The molecule has 174 valence electrons. The van der Waals surface area contributed by atoms with Crippen LogP contribution in [0.25, 0.3) is 0 Å². The number of esters is 1. The third-order valence-electron chi connectivity index (χ3n) is 5.34. The molecule has 1 aliphatic rings. The van der Waals surface area contributed by atoms with Crippen LogP contribution < -0.4 is 10.6 Å². The molecule has 1 aromatic rings. The van der Waals surface area contributed by atoms with Crippen molar-refractivity contribution in [3.63, 3.8) is 0 Å². The minimum atomic E-state index is -0.227. The van der Waals surface area contributed by atoms with Crippen LogP contribution in [0.2, 0.25) is 0 Å². The first-order valence-corrected chi connectivity index (χ1v) is 11.3. The molecule has 1 atom stereocenters. The molecular formula is C23H37FN4O3. The van der Waals surface area contributed by atoms with Gasteiger partial charge in [0.2, 0.25) is 0 Å². The Balaban J connectivity index is 1.87. The molecule has 0 saturated carbocycles. The summed E-state index contributed by atoms with van der Waals surface area (Å²) in [6.45, 7) is 7.32. The highest BCUT2D eigenvalue weighted by atomic mass is 19.1. The van der Waals surface area contributed by atoms with E-state index in [0.29, 0.717) is 26.2 Å². The van der Waals surface area contributed by atoms with Gasteiger partial charge in [-0.1, -0.05) is 25.0 Å². The second-order valence-corrected chi connectivity index (χ2v) is 7.60. The molecule has 1 unspecified atom stereocenters. The number of unbranched alkanes of at least 4 members (excludes halogenated alkanes) is 3. The fourth-order valence-corrected chi connectivity index (χ4v) is 3.58. The van der Waals surface area contributed by atoms with Gasteiger partial charge >= 0.3 is 5.97 Å². The van der Waals surface area contributed by atoms with E-state index >= 15 is 0 Å². The van der Waals surface area contributed by atoms with Crippen molar-refractivity contribution in [1.29, 1.82) is 0 Å². The van der Waals surface area contributed by atoms with Crippen LogP contribution >= 0.6 is 0 Å². The Kier molecular flexibility index (Phi) is 11.9. The lowest BCUT2D eigenvalue weighted by atomic mass is 10.0. The van der Waals surface area contributed by atoms with E-state index in [1.54, 1.807) is 0 Å². The van der Waals surface area contributed by atoms with Crippen LogP contribution in [-0.2, 0) is 14.3 Å². The highest BCUT2D eigenvalue weighted by Gasteiger charge is 2.22. The zero-order valence-electron chi connectivity index (χ0n) is 18.9. The van der Waals surface area contributed by atoms with E-state index in [4.69, 9.17) is 9.73 Å². The number of halogens is 1. The number of benzene rings is 1. The van der Waals surface area contributed by atoms with Crippen molar-refractivity contribution in [2.75, 3.05) is 53.0 Å². The first-order valence-electron chi connectivity index (χ1n) is 11.3. The molecule has 0 spiro atoms. The second-order valence-electron chi connectivity index (χ2n) is 7.60. The summed E-state index contributed by atoms with van der Waals surface area (Å²) in [5.41, 5.74) is 1.06. The number of hydrogen-bond acceptors (Lipinski definition) is 5. The monoisotopic (exact) mass is 436 g/mol. The molecule has 2 N–H and O–H groups in total. The Bertz CT molecular complexity index is 663. The maximum absolute atomic E-state index is 13.4. The molecule has 2 rings (SSSR count). The highest BCUT2D eigenvalue weighted by Crippen LogP contribution is 2.22. The molecule has 0 radical (unpaired) electrons. The smallest absolute Gasteiger partial charge is 0.305 e. The van der Waals surface area contributed by atoms with E-state index in [9.17, 15) is 9.18 Å². The van der Waals surface area contributed by atoms with Crippen LogP contribution in [0.1, 0.15) is 50.6 Å². The van der Waals surface area contributed by atoms with E-state index in [-0.39, 0.29) is 17.8 Å². The maximum atomic E-state index is 13.4. The average molecular weight is 437 g/mol. The van der Waals surface area contributed by atoms with Gasteiger partial charge < -0.3 is 20.1 Å². The molecule has 1 aromatic carbocycles. The largest absolute Gasteiger partial charge is 0.469 e. The van der Waals surface area contributed by atoms with Crippen molar-refractivity contribution in [2.24, 2.45) is 4.99 Å². The summed E-state index contributed by atoms with van der Waals surface area (Å²) in [7, 11) is 1.42. The van der Waals surface area contributed by atoms with Crippen molar-refractivity contribution >= 4 is 11.9 Å². The number of guanidine groups is 1. The van der Waals surface area contributed by atoms with E-state index in [2.05, 4.69) is 20.3 Å². The fourth-order valence-electron chi connectivity index (χ4n) is 3.58. The lowest BCUT2D eigenvalue weighted by molar-refractivity contribution is -0.140. The van der Waals surface area contributed by atoms with Gasteiger partial charge in [0.25, 0.3) is 0 Å². The Hall–Kier alpha value is -2.19. The summed E-state index contributed by atoms with van der Waals surface area (Å²) in [5.74, 6) is 0.419. The Morgan fingerprint density at radius 1 is 1.16 bits per heavy atom. The van der Waals surface area contributed by atoms with Crippen LogP contribution in [0.3, 0.4) is 0 Å². The number of aliphatic imine (C=N–C) groups is 1. The fraction of sp³-hybridized carbons (Fsp3) is 0.652. The van der Waals surface area contributed by atoms with Gasteiger partial charge in [-0.15, -0.1) is 0 Å². The Morgan fingerprint density at radius 2 is 1.87 bits per heavy atom. The minimum absolute atomic E-state index is 0.0817. The number of nitrogens with zero attached hydrogens (tertiary/aromatic N) is 2. The zero-order chi connectivity index (χ0) is 22.3. The summed E-state index contributed by atoms with van der Waals surface area (Å²) in [6.07, 6.45) is 4.42. The minimum Gasteiger partial charge on any atom is -0.469 e. The topological polar surface area (TPSA) is 75.2 Å². The summed E-state index contributed by atoms with van der Waals surface area (Å²) in [5, 5.41) is 6.70. The van der Waals surface area contributed by atoms with Gasteiger partial charge in [0.05, 0.1) is 32.9 Å². The van der Waals surface area contributed by atoms with Crippen molar-refractivity contribution in [3.8, 4) is 0 Å². The second kappa shape index (κ2) is 14.8. The SMILES string of the molecule is CCNC(=NCC(c1ccc(F)cc1)N1CCOCC1)NCCCCCCC(=O)OC. The van der Waals surface area contributed by atoms with Crippen LogP contribution in [0.15, 0.2) is 29.3 Å². The molecule has 8 heteroatoms. The number of carbonyl (C=O) groups excluding carboxylic acids is 1. The molecule has 31 heavy (non-hydrogen) atoms. The van der Waals surface area contributed by atoms with Crippen LogP contribution in [0, 0.1) is 5.82 Å². The summed E-state index contributed by atoms with van der Waals surface area (Å²) >= 11 is 0. The molecule has 1 fully saturated rings. The molecule has 0 aliphatic carbocycles. The standard InChI is InChI=1S/C23H37FN4O3/c1-3-25-23(26-13-7-5-4-6-8-22(29)30-2)27-18-21(28-14-16-31-17-15-28)19-9-11-20(24)12-10-19/h9-12,21H,3-8,13-18H2,1-2H3,(H2,25,26,27).